The van der Waals surface area contributed by atoms with Crippen molar-refractivity contribution in [2.45, 2.75) is 56.2 Å². The zero-order valence-corrected chi connectivity index (χ0v) is 17.2. The van der Waals surface area contributed by atoms with E-state index in [1.54, 1.807) is 0 Å². The van der Waals surface area contributed by atoms with E-state index in [0.29, 0.717) is 12.7 Å². The molecule has 27 heavy (non-hydrogen) atoms. The Morgan fingerprint density at radius 1 is 0.778 bits per heavy atom. The minimum atomic E-state index is -2.57. The highest BCUT2D eigenvalue weighted by atomic mass is 28.4. The van der Waals surface area contributed by atoms with E-state index >= 15 is 0 Å². The first-order valence-electron chi connectivity index (χ1n) is 10.4. The van der Waals surface area contributed by atoms with Crippen molar-refractivity contribution >= 4 is 8.56 Å². The van der Waals surface area contributed by atoms with Crippen LogP contribution in [0.4, 0.5) is 0 Å². The largest absolute Gasteiger partial charge is 0.393 e. The van der Waals surface area contributed by atoms with Crippen molar-refractivity contribution in [1.29, 1.82) is 0 Å². The number of rotatable bonds is 6. The minimum Gasteiger partial charge on any atom is -0.393 e. The molecule has 0 radical (unpaired) electrons. The minimum absolute atomic E-state index is 0.241. The second-order valence-electron chi connectivity index (χ2n) is 7.69. The third kappa shape index (κ3) is 3.82. The highest BCUT2D eigenvalue weighted by Gasteiger charge is 2.56. The van der Waals surface area contributed by atoms with E-state index in [0.717, 1.165) is 0 Å². The fraction of sp³-hybridized carbons (Fsp3) is 0.417. The van der Waals surface area contributed by atoms with Gasteiger partial charge in [0.25, 0.3) is 0 Å². The summed E-state index contributed by atoms with van der Waals surface area (Å²) in [4.78, 5) is 0. The maximum atomic E-state index is 7.07. The van der Waals surface area contributed by atoms with Crippen LogP contribution >= 0.6 is 0 Å². The van der Waals surface area contributed by atoms with Crippen molar-refractivity contribution in [1.82, 2.24) is 0 Å². The summed E-state index contributed by atoms with van der Waals surface area (Å²) in [6.07, 6.45) is 11.3. The van der Waals surface area contributed by atoms with E-state index < -0.39 is 8.56 Å². The first kappa shape index (κ1) is 18.7. The number of benzene rings is 2. The smallest absolute Gasteiger partial charge is 0.361 e. The first-order valence-corrected chi connectivity index (χ1v) is 12.4. The average molecular weight is 379 g/mol. The van der Waals surface area contributed by atoms with Crippen molar-refractivity contribution in [3.05, 3.63) is 83.9 Å². The van der Waals surface area contributed by atoms with Gasteiger partial charge in [-0.15, -0.1) is 0 Å². The molecule has 0 amide bonds. The molecule has 2 aliphatic rings. The van der Waals surface area contributed by atoms with Crippen LogP contribution in [0.15, 0.2) is 72.8 Å². The molecule has 142 valence electrons. The molecule has 1 aliphatic heterocycles. The molecule has 4 rings (SSSR count). The molecule has 2 aromatic rings. The maximum absolute atomic E-state index is 7.07. The molecule has 3 atom stereocenters. The van der Waals surface area contributed by atoms with Gasteiger partial charge < -0.3 is 8.85 Å². The summed E-state index contributed by atoms with van der Waals surface area (Å²) in [7, 11) is -2.57. The Morgan fingerprint density at radius 2 is 1.30 bits per heavy atom. The van der Waals surface area contributed by atoms with Gasteiger partial charge in [0.2, 0.25) is 0 Å². The molecule has 1 fully saturated rings. The van der Waals surface area contributed by atoms with E-state index in [9.17, 15) is 0 Å². The van der Waals surface area contributed by atoms with Crippen molar-refractivity contribution in [2.75, 3.05) is 6.61 Å². The molecule has 2 aromatic carbocycles. The molecule has 1 heterocycles. The van der Waals surface area contributed by atoms with Gasteiger partial charge in [0.1, 0.15) is 0 Å². The van der Waals surface area contributed by atoms with Gasteiger partial charge in [-0.3, -0.25) is 0 Å². The second kappa shape index (κ2) is 8.55. The third-order valence-corrected chi connectivity index (χ3v) is 10.2. The summed E-state index contributed by atoms with van der Waals surface area (Å²) < 4.78 is 13.7. The van der Waals surface area contributed by atoms with Crippen LogP contribution in [0, 0.1) is 0 Å². The molecule has 1 saturated carbocycles. The predicted octanol–water partition coefficient (Wildman–Crippen LogP) is 6.03. The fourth-order valence-corrected chi connectivity index (χ4v) is 9.11. The van der Waals surface area contributed by atoms with Crippen LogP contribution in [0.1, 0.15) is 61.2 Å². The monoisotopic (exact) mass is 378 g/mol. The molecule has 0 spiro atoms. The van der Waals surface area contributed by atoms with Crippen molar-refractivity contribution in [3.63, 3.8) is 0 Å². The van der Waals surface area contributed by atoms with Crippen molar-refractivity contribution in [3.8, 4) is 0 Å². The normalized spacial score (nSPS) is 28.5. The average Bonchev–Trinajstić information content (AvgIpc) is 3.09. The maximum Gasteiger partial charge on any atom is 0.361 e. The quantitative estimate of drug-likeness (QED) is 0.451. The Morgan fingerprint density at radius 3 is 1.78 bits per heavy atom. The SMILES string of the molecule is CCO[Si]1(OC2CCCCC2)[C@@H](c2ccccc2)C=C[C@H]1c1ccccc1. The number of hydrogen-bond acceptors (Lipinski definition) is 2. The van der Waals surface area contributed by atoms with Crippen LogP contribution in [0.25, 0.3) is 0 Å². The van der Waals surface area contributed by atoms with E-state index in [1.165, 1.54) is 43.2 Å². The molecule has 0 aromatic heterocycles. The Balaban J connectivity index is 1.75. The molecule has 1 unspecified atom stereocenters. The molecular weight excluding hydrogens is 348 g/mol. The summed E-state index contributed by atoms with van der Waals surface area (Å²) in [5.41, 5.74) is 3.13. The third-order valence-electron chi connectivity index (χ3n) is 5.95. The summed E-state index contributed by atoms with van der Waals surface area (Å²) in [5, 5.41) is 0. The van der Waals surface area contributed by atoms with E-state index in [-0.39, 0.29) is 11.1 Å². The van der Waals surface area contributed by atoms with E-state index in [2.05, 4.69) is 79.7 Å². The van der Waals surface area contributed by atoms with Gasteiger partial charge in [-0.05, 0) is 30.9 Å². The lowest BCUT2D eigenvalue weighted by Crippen LogP contribution is -2.53. The lowest BCUT2D eigenvalue weighted by atomic mass is 9.98. The Kier molecular flexibility index (Phi) is 5.91. The zero-order chi connectivity index (χ0) is 18.5. The van der Waals surface area contributed by atoms with Crippen molar-refractivity contribution in [2.24, 2.45) is 0 Å². The van der Waals surface area contributed by atoms with Gasteiger partial charge in [-0.1, -0.05) is 92.1 Å². The first-order chi connectivity index (χ1) is 13.3. The fourth-order valence-electron chi connectivity index (χ4n) is 4.72. The number of allylic oxidation sites excluding steroid dienone is 2. The second-order valence-corrected chi connectivity index (χ2v) is 10.9. The molecule has 0 saturated heterocycles. The van der Waals surface area contributed by atoms with Crippen LogP contribution < -0.4 is 0 Å². The van der Waals surface area contributed by atoms with Gasteiger partial charge in [-0.2, -0.15) is 0 Å². The lowest BCUT2D eigenvalue weighted by molar-refractivity contribution is 0.0833. The van der Waals surface area contributed by atoms with Crippen LogP contribution in [0.2, 0.25) is 0 Å². The standard InChI is InChI=1S/C24H30O2Si/c1-2-25-27(26-22-16-10-5-11-17-22)23(20-12-6-3-7-13-20)18-19-24(27)21-14-8-4-9-15-21/h3-4,6-9,12-15,18-19,22-24H,2,5,10-11,16-17H2,1H3/t23-,24+,27?. The van der Waals surface area contributed by atoms with Gasteiger partial charge >= 0.3 is 8.56 Å². The van der Waals surface area contributed by atoms with Crippen LogP contribution in [0.5, 0.6) is 0 Å². The van der Waals surface area contributed by atoms with Crippen molar-refractivity contribution < 1.29 is 8.85 Å². The zero-order valence-electron chi connectivity index (χ0n) is 16.2. The Labute approximate surface area is 164 Å². The summed E-state index contributed by atoms with van der Waals surface area (Å²) in [6, 6.07) is 21.6. The van der Waals surface area contributed by atoms with Crippen LogP contribution in [0.3, 0.4) is 0 Å². The van der Waals surface area contributed by atoms with Gasteiger partial charge in [0.05, 0.1) is 0 Å². The Bertz CT molecular complexity index is 688. The van der Waals surface area contributed by atoms with Gasteiger partial charge in [0, 0.05) is 23.8 Å². The lowest BCUT2D eigenvalue weighted by Gasteiger charge is -2.41. The molecule has 3 heteroatoms. The topological polar surface area (TPSA) is 18.5 Å². The number of hydrogen-bond donors (Lipinski definition) is 0. The van der Waals surface area contributed by atoms with E-state index in [4.69, 9.17) is 8.85 Å². The van der Waals surface area contributed by atoms with Gasteiger partial charge in [0.15, 0.2) is 0 Å². The summed E-state index contributed by atoms with van der Waals surface area (Å²) in [5.74, 6) is 0. The highest BCUT2D eigenvalue weighted by molar-refractivity contribution is 6.72. The van der Waals surface area contributed by atoms with Gasteiger partial charge in [-0.25, -0.2) is 0 Å². The predicted molar refractivity (Wildman–Crippen MR) is 113 cm³/mol. The van der Waals surface area contributed by atoms with E-state index in [1.807, 2.05) is 0 Å². The Hall–Kier alpha value is -1.68. The summed E-state index contributed by atoms with van der Waals surface area (Å²) >= 11 is 0. The molecule has 0 bridgehead atoms. The molecular formula is C24H30O2Si. The molecule has 1 aliphatic carbocycles. The highest BCUT2D eigenvalue weighted by Crippen LogP contribution is 2.47. The summed E-state index contributed by atoms with van der Waals surface area (Å²) in [6.45, 7) is 2.81. The molecule has 0 N–H and O–H groups in total. The van der Waals surface area contributed by atoms with Crippen LogP contribution in [-0.2, 0) is 8.85 Å². The molecule has 2 nitrogen and oxygen atoms in total. The van der Waals surface area contributed by atoms with Crippen LogP contribution in [-0.4, -0.2) is 21.3 Å².